The highest BCUT2D eigenvalue weighted by molar-refractivity contribution is 7.47. The molecule has 5 atom stereocenters. The summed E-state index contributed by atoms with van der Waals surface area (Å²) in [6, 6.07) is 0. The van der Waals surface area contributed by atoms with Gasteiger partial charge >= 0.3 is 39.5 Å². The van der Waals surface area contributed by atoms with E-state index >= 15 is 0 Å². The van der Waals surface area contributed by atoms with E-state index in [0.717, 1.165) is 95.8 Å². The Morgan fingerprint density at radius 2 is 0.484 bits per heavy atom. The Hall–Kier alpha value is -1.94. The zero-order valence-electron chi connectivity index (χ0n) is 61.8. The number of aliphatic hydroxyl groups excluding tert-OH is 1. The van der Waals surface area contributed by atoms with Gasteiger partial charge in [0.1, 0.15) is 19.3 Å². The van der Waals surface area contributed by atoms with Crippen LogP contribution < -0.4 is 0 Å². The first-order valence-corrected chi connectivity index (χ1v) is 42.6. The highest BCUT2D eigenvalue weighted by Crippen LogP contribution is 2.45. The third kappa shape index (κ3) is 70.3. The molecule has 0 spiro atoms. The number of phosphoric ester groups is 2. The van der Waals surface area contributed by atoms with Crippen LogP contribution >= 0.6 is 15.6 Å². The van der Waals surface area contributed by atoms with E-state index in [9.17, 15) is 43.2 Å². The number of aliphatic hydroxyl groups is 1. The lowest BCUT2D eigenvalue weighted by Gasteiger charge is -2.21. The average Bonchev–Trinajstić information content (AvgIpc) is 2.11. The van der Waals surface area contributed by atoms with Crippen LogP contribution in [0.3, 0.4) is 0 Å². The molecule has 19 heteroatoms. The third-order valence-electron chi connectivity index (χ3n) is 17.8. The smallest absolute Gasteiger partial charge is 0.462 e. The van der Waals surface area contributed by atoms with Gasteiger partial charge in [0, 0.05) is 25.7 Å². The molecule has 0 fully saturated rings. The van der Waals surface area contributed by atoms with Gasteiger partial charge in [0.25, 0.3) is 0 Å². The standard InChI is InChI=1S/C76H148O17P2/c1-6-9-12-15-18-21-22-23-24-25-26-27-28-29-34-37-42-47-52-57-62-76(81)93-72(66-87-74(79)60-55-50-45-41-36-33-31-30-32-35-40-43-48-53-58-69(4)5)68-91-95(84,85)89-64-70(77)63-88-94(82,83)90-67-71(92-75(80)61-56-51-46-39-20-17-14-11-8-3)65-86-73(78)59-54-49-44-38-19-16-13-10-7-2/h69-72,77H,6-68H2,1-5H3,(H,82,83)(H,84,85)/t70-,71+,72+/m0/s1. The monoisotopic (exact) mass is 1400 g/mol. The molecule has 0 radical (unpaired) electrons. The van der Waals surface area contributed by atoms with Gasteiger partial charge < -0.3 is 33.8 Å². The minimum Gasteiger partial charge on any atom is -0.462 e. The first-order chi connectivity index (χ1) is 46.0. The first kappa shape index (κ1) is 93.1. The lowest BCUT2D eigenvalue weighted by Crippen LogP contribution is -2.30. The Morgan fingerprint density at radius 3 is 0.716 bits per heavy atom. The lowest BCUT2D eigenvalue weighted by atomic mass is 10.0. The maximum atomic E-state index is 13.1. The van der Waals surface area contributed by atoms with Crippen molar-refractivity contribution in [1.29, 1.82) is 0 Å². The molecule has 0 aromatic carbocycles. The fourth-order valence-corrected chi connectivity index (χ4v) is 13.3. The number of carbonyl (C=O) groups is 4. The summed E-state index contributed by atoms with van der Waals surface area (Å²) in [5.74, 6) is -1.32. The minimum atomic E-state index is -4.96. The highest BCUT2D eigenvalue weighted by Gasteiger charge is 2.30. The van der Waals surface area contributed by atoms with Crippen LogP contribution in [0, 0.1) is 5.92 Å². The SMILES string of the molecule is CCCCCCCCCCCCCCCCCCCCCCC(=O)O[C@H](COC(=O)CCCCCCCCCCCCCCCCC(C)C)COP(=O)(O)OC[C@@H](O)COP(=O)(O)OC[C@@H](COC(=O)CCCCCCCCCCC)OC(=O)CCCCCCCCCCC. The van der Waals surface area contributed by atoms with Gasteiger partial charge in [-0.05, 0) is 31.6 Å². The number of carbonyl (C=O) groups excluding carboxylic acids is 4. The molecule has 95 heavy (non-hydrogen) atoms. The van der Waals surface area contributed by atoms with Crippen molar-refractivity contribution in [3.05, 3.63) is 0 Å². The van der Waals surface area contributed by atoms with Gasteiger partial charge in [-0.25, -0.2) is 9.13 Å². The van der Waals surface area contributed by atoms with Gasteiger partial charge in [-0.1, -0.05) is 349 Å². The molecule has 0 bridgehead atoms. The van der Waals surface area contributed by atoms with Crippen molar-refractivity contribution < 1.29 is 80.2 Å². The van der Waals surface area contributed by atoms with E-state index in [1.165, 1.54) is 225 Å². The molecule has 0 aliphatic rings. The molecule has 0 rings (SSSR count). The average molecular weight is 1400 g/mol. The summed E-state index contributed by atoms with van der Waals surface area (Å²) in [6.07, 6.45) is 58.4. The number of hydrogen-bond acceptors (Lipinski definition) is 15. The van der Waals surface area contributed by atoms with Crippen molar-refractivity contribution in [2.45, 2.75) is 419 Å². The predicted molar refractivity (Wildman–Crippen MR) is 386 cm³/mol. The topological polar surface area (TPSA) is 237 Å². The maximum absolute atomic E-state index is 13.1. The summed E-state index contributed by atoms with van der Waals surface area (Å²) in [5, 5.41) is 10.6. The van der Waals surface area contributed by atoms with Gasteiger partial charge in [0.05, 0.1) is 26.4 Å². The van der Waals surface area contributed by atoms with Crippen LogP contribution in [0.15, 0.2) is 0 Å². The molecule has 0 aromatic heterocycles. The highest BCUT2D eigenvalue weighted by atomic mass is 31.2. The Bertz CT molecular complexity index is 1820. The Balaban J connectivity index is 5.17. The molecule has 0 saturated carbocycles. The van der Waals surface area contributed by atoms with Gasteiger partial charge in [0.15, 0.2) is 12.2 Å². The summed E-state index contributed by atoms with van der Waals surface area (Å²) < 4.78 is 68.4. The van der Waals surface area contributed by atoms with E-state index in [1.807, 2.05) is 0 Å². The summed E-state index contributed by atoms with van der Waals surface area (Å²) in [7, 11) is -9.90. The summed E-state index contributed by atoms with van der Waals surface area (Å²) in [4.78, 5) is 72.7. The van der Waals surface area contributed by atoms with Crippen molar-refractivity contribution in [3.63, 3.8) is 0 Å². The van der Waals surface area contributed by atoms with Crippen molar-refractivity contribution in [2.24, 2.45) is 5.92 Å². The van der Waals surface area contributed by atoms with Crippen LogP contribution in [0.2, 0.25) is 0 Å². The Morgan fingerprint density at radius 1 is 0.284 bits per heavy atom. The van der Waals surface area contributed by atoms with Crippen LogP contribution in [-0.2, 0) is 65.4 Å². The molecule has 0 saturated heterocycles. The molecule has 0 aliphatic carbocycles. The second-order valence-corrected chi connectivity index (χ2v) is 30.8. The molecule has 17 nitrogen and oxygen atoms in total. The van der Waals surface area contributed by atoms with Crippen molar-refractivity contribution in [1.82, 2.24) is 0 Å². The third-order valence-corrected chi connectivity index (χ3v) is 19.7. The van der Waals surface area contributed by atoms with Gasteiger partial charge in [-0.15, -0.1) is 0 Å². The van der Waals surface area contributed by atoms with E-state index in [0.29, 0.717) is 25.7 Å². The van der Waals surface area contributed by atoms with E-state index in [2.05, 4.69) is 34.6 Å². The fourth-order valence-electron chi connectivity index (χ4n) is 11.7. The van der Waals surface area contributed by atoms with E-state index in [4.69, 9.17) is 37.0 Å². The largest absolute Gasteiger partial charge is 0.472 e. The Labute approximate surface area is 581 Å². The van der Waals surface area contributed by atoms with Crippen molar-refractivity contribution >= 4 is 39.5 Å². The molecule has 3 N–H and O–H groups in total. The number of phosphoric acid groups is 2. The molecule has 2 unspecified atom stereocenters. The zero-order valence-corrected chi connectivity index (χ0v) is 63.6. The molecule has 0 aromatic rings. The fraction of sp³-hybridized carbons (Fsp3) is 0.947. The van der Waals surface area contributed by atoms with Crippen molar-refractivity contribution in [2.75, 3.05) is 39.6 Å². The number of ether oxygens (including phenoxy) is 4. The van der Waals surface area contributed by atoms with Gasteiger partial charge in [-0.2, -0.15) is 0 Å². The second kappa shape index (κ2) is 69.2. The van der Waals surface area contributed by atoms with Crippen molar-refractivity contribution in [3.8, 4) is 0 Å². The van der Waals surface area contributed by atoms with Crippen LogP contribution in [0.4, 0.5) is 0 Å². The van der Waals surface area contributed by atoms with E-state index in [-0.39, 0.29) is 25.7 Å². The number of hydrogen-bond donors (Lipinski definition) is 3. The minimum absolute atomic E-state index is 0.106. The Kier molecular flexibility index (Phi) is 67.7. The molecule has 564 valence electrons. The van der Waals surface area contributed by atoms with Gasteiger partial charge in [0.2, 0.25) is 0 Å². The quantitative estimate of drug-likeness (QED) is 0.0222. The number of unbranched alkanes of at least 4 members (excludes halogenated alkanes) is 48. The van der Waals surface area contributed by atoms with Crippen LogP contribution in [-0.4, -0.2) is 96.7 Å². The predicted octanol–water partition coefficient (Wildman–Crippen LogP) is 22.5. The molecule has 0 heterocycles. The van der Waals surface area contributed by atoms with Crippen LogP contribution in [0.25, 0.3) is 0 Å². The summed E-state index contributed by atoms with van der Waals surface area (Å²) in [6.45, 7) is 7.28. The summed E-state index contributed by atoms with van der Waals surface area (Å²) in [5.41, 5.74) is 0. The van der Waals surface area contributed by atoms with E-state index in [1.54, 1.807) is 0 Å². The van der Waals surface area contributed by atoms with E-state index < -0.39 is 97.5 Å². The number of rotatable bonds is 76. The summed E-state index contributed by atoms with van der Waals surface area (Å²) >= 11 is 0. The molecular formula is C76H148O17P2. The second-order valence-electron chi connectivity index (χ2n) is 27.9. The van der Waals surface area contributed by atoms with Crippen LogP contribution in [0.5, 0.6) is 0 Å². The number of esters is 4. The molecule has 0 amide bonds. The molecule has 0 aliphatic heterocycles. The zero-order chi connectivity index (χ0) is 69.8. The van der Waals surface area contributed by atoms with Crippen LogP contribution in [0.1, 0.15) is 401 Å². The van der Waals surface area contributed by atoms with Gasteiger partial charge in [-0.3, -0.25) is 37.3 Å². The lowest BCUT2D eigenvalue weighted by molar-refractivity contribution is -0.161. The normalized spacial score (nSPS) is 13.9. The molecular weight excluding hydrogens is 1250 g/mol. The first-order valence-electron chi connectivity index (χ1n) is 39.6. The maximum Gasteiger partial charge on any atom is 0.472 e.